The molecule has 5 heteroatoms. The van der Waals surface area contributed by atoms with E-state index >= 15 is 0 Å². The fraction of sp³-hybridized carbons (Fsp3) is 0.318. The van der Waals surface area contributed by atoms with Crippen molar-refractivity contribution >= 4 is 16.7 Å². The van der Waals surface area contributed by atoms with Gasteiger partial charge in [-0.1, -0.05) is 32.0 Å². The third-order valence-corrected chi connectivity index (χ3v) is 4.32. The van der Waals surface area contributed by atoms with Crippen LogP contribution in [0.5, 0.6) is 5.75 Å². The predicted octanol–water partition coefficient (Wildman–Crippen LogP) is 5.05. The Morgan fingerprint density at radius 2 is 1.85 bits per heavy atom. The van der Waals surface area contributed by atoms with Crippen LogP contribution >= 0.6 is 0 Å². The molecule has 0 unspecified atom stereocenters. The molecule has 0 saturated heterocycles. The minimum atomic E-state index is 0.388. The summed E-state index contributed by atoms with van der Waals surface area (Å²) in [5.74, 6) is 2.29. The van der Waals surface area contributed by atoms with Crippen LogP contribution in [0.3, 0.4) is 0 Å². The first-order chi connectivity index (χ1) is 13.2. The monoisotopic (exact) mass is 360 g/mol. The minimum absolute atomic E-state index is 0.388. The molecule has 27 heavy (non-hydrogen) atoms. The highest BCUT2D eigenvalue weighted by Crippen LogP contribution is 2.28. The van der Waals surface area contributed by atoms with E-state index in [0.717, 1.165) is 46.6 Å². The zero-order valence-corrected chi connectivity index (χ0v) is 15.8. The summed E-state index contributed by atoms with van der Waals surface area (Å²) in [6.45, 7) is 5.73. The van der Waals surface area contributed by atoms with Gasteiger partial charge in [0.25, 0.3) is 0 Å². The van der Waals surface area contributed by atoms with E-state index in [9.17, 15) is 0 Å². The smallest absolute Gasteiger partial charge is 0.137 e. The van der Waals surface area contributed by atoms with Crippen molar-refractivity contribution in [3.8, 4) is 22.9 Å². The molecule has 0 atom stereocenters. The van der Waals surface area contributed by atoms with Gasteiger partial charge in [-0.15, -0.1) is 0 Å². The van der Waals surface area contributed by atoms with Crippen LogP contribution < -0.4 is 10.1 Å². The summed E-state index contributed by atoms with van der Waals surface area (Å²) in [6, 6.07) is 16.2. The molecular weight excluding hydrogens is 336 g/mol. The Morgan fingerprint density at radius 1 is 1.07 bits per heavy atom. The molecule has 0 aliphatic heterocycles. The van der Waals surface area contributed by atoms with E-state index in [1.807, 2.05) is 30.3 Å². The molecule has 1 aromatic heterocycles. The van der Waals surface area contributed by atoms with Crippen LogP contribution in [0.15, 0.2) is 48.8 Å². The number of nitrogens with zero attached hydrogens (tertiary/aromatic N) is 3. The first-order valence-electron chi connectivity index (χ1n) is 9.26. The Balaban J connectivity index is 1.81. The number of nitriles is 1. The lowest BCUT2D eigenvalue weighted by Gasteiger charge is -2.11. The second-order valence-corrected chi connectivity index (χ2v) is 6.84. The van der Waals surface area contributed by atoms with Crippen molar-refractivity contribution in [3.05, 3.63) is 48.8 Å². The van der Waals surface area contributed by atoms with Crippen LogP contribution in [0.25, 0.3) is 22.0 Å². The molecule has 0 radical (unpaired) electrons. The minimum Gasteiger partial charge on any atom is -0.493 e. The molecule has 0 spiro atoms. The van der Waals surface area contributed by atoms with Crippen molar-refractivity contribution < 1.29 is 4.74 Å². The fourth-order valence-corrected chi connectivity index (χ4v) is 2.81. The van der Waals surface area contributed by atoms with E-state index < -0.39 is 0 Å². The van der Waals surface area contributed by atoms with Crippen LogP contribution in [-0.4, -0.2) is 23.1 Å². The molecule has 0 aliphatic carbocycles. The number of nitrogens with one attached hydrogen (secondary N) is 1. The molecule has 0 saturated carbocycles. The standard InChI is InChI=1S/C22H24N4O/c1-16(2)10-12-24-22-20-14-18(6-9-21(20)25-15-26-22)17-4-7-19(8-5-17)27-13-3-11-23/h4-9,14-16H,3,10,12-13H2,1-2H3,(H,24,25,26). The first-order valence-corrected chi connectivity index (χ1v) is 9.26. The molecule has 5 nitrogen and oxygen atoms in total. The largest absolute Gasteiger partial charge is 0.493 e. The van der Waals surface area contributed by atoms with Gasteiger partial charge in [0, 0.05) is 11.9 Å². The van der Waals surface area contributed by atoms with Crippen molar-refractivity contribution in [1.82, 2.24) is 9.97 Å². The second kappa shape index (κ2) is 9.00. The average molecular weight is 360 g/mol. The number of aromatic nitrogens is 2. The molecule has 0 bridgehead atoms. The lowest BCUT2D eigenvalue weighted by Crippen LogP contribution is -2.06. The van der Waals surface area contributed by atoms with E-state index in [-0.39, 0.29) is 0 Å². The van der Waals surface area contributed by atoms with Crippen LogP contribution in [-0.2, 0) is 0 Å². The Kier molecular flexibility index (Phi) is 6.22. The number of ether oxygens (including phenoxy) is 1. The molecule has 0 amide bonds. The van der Waals surface area contributed by atoms with Crippen LogP contribution in [0, 0.1) is 17.2 Å². The molecule has 3 aromatic rings. The molecule has 3 rings (SSSR count). The van der Waals surface area contributed by atoms with Crippen molar-refractivity contribution in [1.29, 1.82) is 5.26 Å². The van der Waals surface area contributed by atoms with Gasteiger partial charge >= 0.3 is 0 Å². The maximum Gasteiger partial charge on any atom is 0.137 e. The molecular formula is C22H24N4O. The summed E-state index contributed by atoms with van der Waals surface area (Å²) in [5, 5.41) is 13.0. The van der Waals surface area contributed by atoms with Gasteiger partial charge in [-0.25, -0.2) is 9.97 Å². The maximum atomic E-state index is 8.58. The van der Waals surface area contributed by atoms with Crippen molar-refractivity contribution in [2.45, 2.75) is 26.7 Å². The normalized spacial score (nSPS) is 10.7. The Labute approximate surface area is 160 Å². The quantitative estimate of drug-likeness (QED) is 0.569. The number of fused-ring (bicyclic) bond motifs is 1. The van der Waals surface area contributed by atoms with Crippen molar-refractivity contribution in [3.63, 3.8) is 0 Å². The number of anilines is 1. The molecule has 0 fully saturated rings. The zero-order chi connectivity index (χ0) is 19.1. The summed E-state index contributed by atoms with van der Waals surface area (Å²) in [7, 11) is 0. The van der Waals surface area contributed by atoms with Crippen LogP contribution in [0.4, 0.5) is 5.82 Å². The molecule has 1 N–H and O–H groups in total. The third-order valence-electron chi connectivity index (χ3n) is 4.32. The van der Waals surface area contributed by atoms with E-state index in [1.165, 1.54) is 0 Å². The zero-order valence-electron chi connectivity index (χ0n) is 15.8. The van der Waals surface area contributed by atoms with Crippen LogP contribution in [0.1, 0.15) is 26.7 Å². The second-order valence-electron chi connectivity index (χ2n) is 6.84. The van der Waals surface area contributed by atoms with E-state index in [4.69, 9.17) is 10.00 Å². The van der Waals surface area contributed by atoms with Crippen LogP contribution in [0.2, 0.25) is 0 Å². The van der Waals surface area contributed by atoms with Gasteiger partial charge in [-0.3, -0.25) is 0 Å². The van der Waals surface area contributed by atoms with Gasteiger partial charge in [-0.2, -0.15) is 5.26 Å². The highest BCUT2D eigenvalue weighted by molar-refractivity contribution is 5.92. The topological polar surface area (TPSA) is 70.8 Å². The number of benzene rings is 2. The van der Waals surface area contributed by atoms with Gasteiger partial charge < -0.3 is 10.1 Å². The molecule has 0 aliphatic rings. The first kappa shape index (κ1) is 18.7. The van der Waals surface area contributed by atoms with Gasteiger partial charge in [-0.05, 0) is 47.7 Å². The highest BCUT2D eigenvalue weighted by atomic mass is 16.5. The summed E-state index contributed by atoms with van der Waals surface area (Å²) < 4.78 is 5.54. The number of hydrogen-bond donors (Lipinski definition) is 1. The van der Waals surface area contributed by atoms with E-state index in [0.29, 0.717) is 18.9 Å². The highest BCUT2D eigenvalue weighted by Gasteiger charge is 2.07. The molecule has 2 aromatic carbocycles. The lowest BCUT2D eigenvalue weighted by atomic mass is 10.0. The predicted molar refractivity (Wildman–Crippen MR) is 109 cm³/mol. The number of hydrogen-bond acceptors (Lipinski definition) is 5. The molecule has 138 valence electrons. The summed E-state index contributed by atoms with van der Waals surface area (Å²) >= 11 is 0. The van der Waals surface area contributed by atoms with Gasteiger partial charge in [0.15, 0.2) is 0 Å². The lowest BCUT2D eigenvalue weighted by molar-refractivity contribution is 0.326. The fourth-order valence-electron chi connectivity index (χ4n) is 2.81. The summed E-state index contributed by atoms with van der Waals surface area (Å²) in [5.41, 5.74) is 3.13. The Bertz CT molecular complexity index is 929. The SMILES string of the molecule is CC(C)CCNc1ncnc2ccc(-c3ccc(OCCC#N)cc3)cc12. The maximum absolute atomic E-state index is 8.58. The van der Waals surface area contributed by atoms with Crippen molar-refractivity contribution in [2.24, 2.45) is 5.92 Å². The van der Waals surface area contributed by atoms with Gasteiger partial charge in [0.2, 0.25) is 0 Å². The molecule has 1 heterocycles. The van der Waals surface area contributed by atoms with Gasteiger partial charge in [0.1, 0.15) is 24.5 Å². The Morgan fingerprint density at radius 3 is 2.59 bits per heavy atom. The average Bonchev–Trinajstić information content (AvgIpc) is 2.68. The summed E-state index contributed by atoms with van der Waals surface area (Å²) in [6.07, 6.45) is 3.09. The number of rotatable bonds is 8. The summed E-state index contributed by atoms with van der Waals surface area (Å²) in [4.78, 5) is 8.80. The van der Waals surface area contributed by atoms with Gasteiger partial charge in [0.05, 0.1) is 18.0 Å². The third kappa shape index (κ3) is 4.95. The van der Waals surface area contributed by atoms with E-state index in [1.54, 1.807) is 6.33 Å². The van der Waals surface area contributed by atoms with Crippen molar-refractivity contribution in [2.75, 3.05) is 18.5 Å². The van der Waals surface area contributed by atoms with E-state index in [2.05, 4.69) is 47.3 Å². The Hall–Kier alpha value is -3.13.